The molecule has 5 nitrogen and oxygen atoms in total. The van der Waals surface area contributed by atoms with Crippen LogP contribution in [0.15, 0.2) is 12.7 Å². The van der Waals surface area contributed by atoms with Gasteiger partial charge in [0.2, 0.25) is 0 Å². The summed E-state index contributed by atoms with van der Waals surface area (Å²) in [7, 11) is 0. The number of allylic oxidation sites excluding steroid dienone is 1. The summed E-state index contributed by atoms with van der Waals surface area (Å²) in [5, 5.41) is 1.55. The van der Waals surface area contributed by atoms with Crippen LogP contribution in [-0.2, 0) is 24.0 Å². The largest absolute Gasteiger partial charge is 0.299 e. The number of rotatable bonds is 9. The van der Waals surface area contributed by atoms with Gasteiger partial charge < -0.3 is 0 Å². The zero-order chi connectivity index (χ0) is 53.2. The lowest BCUT2D eigenvalue weighted by Crippen LogP contribution is -2.26. The number of thiol groups is 2. The molecule has 1 atom stereocenters. The number of carbonyl (C=O) groups excluding carboxylic acids is 5. The Balaban J connectivity index is -0.0000000918. The molecule has 1 unspecified atom stereocenters. The average molecular weight is 1080 g/mol. The number of hydrogen-bond acceptors (Lipinski definition) is 7. The summed E-state index contributed by atoms with van der Waals surface area (Å²) in [4.78, 5) is 54.6. The van der Waals surface area contributed by atoms with E-state index in [0.717, 1.165) is 16.4 Å². The molecule has 0 N–H and O–H groups in total. The Morgan fingerprint density at radius 2 is 0.825 bits per heavy atom. The molecule has 0 spiro atoms. The molecule has 0 aliphatic rings. The minimum atomic E-state index is -0.356. The minimum Gasteiger partial charge on any atom is -0.299 e. The quantitative estimate of drug-likeness (QED) is 0.137. The second-order valence-corrected chi connectivity index (χ2v) is 27.4. The highest BCUT2D eigenvalue weighted by Crippen LogP contribution is 2.21. The molecule has 0 aliphatic heterocycles. The highest BCUT2D eigenvalue weighted by atomic mass is 79.9. The van der Waals surface area contributed by atoms with Crippen LogP contribution in [-0.4, -0.2) is 56.5 Å². The van der Waals surface area contributed by atoms with Crippen LogP contribution in [0.25, 0.3) is 0 Å². The summed E-state index contributed by atoms with van der Waals surface area (Å²) < 4.78 is 0. The van der Waals surface area contributed by atoms with Gasteiger partial charge in [-0.3, -0.25) is 24.0 Å². The fraction of sp³-hybridized carbons (Fsp3) is 0.868. The average Bonchev–Trinajstić information content (AvgIpc) is 3.06. The number of alkyl halides is 3. The molecule has 0 fully saturated rings. The Hall–Kier alpha value is 0.0400. The summed E-state index contributed by atoms with van der Waals surface area (Å²) >= 11 is 20.3. The van der Waals surface area contributed by atoms with E-state index in [2.05, 4.69) is 133 Å². The van der Waals surface area contributed by atoms with Crippen molar-refractivity contribution in [1.82, 2.24) is 0 Å². The molecule has 0 radical (unpaired) electrons. The van der Waals surface area contributed by atoms with Crippen molar-refractivity contribution >= 4 is 97.6 Å². The molecule has 0 aromatic heterocycles. The Labute approximate surface area is 427 Å². The zero-order valence-electron chi connectivity index (χ0n) is 46.5. The highest BCUT2D eigenvalue weighted by Gasteiger charge is 2.25. The standard InChI is InChI=1S/C7H13BrO.C7H13ClO.C7H14OS.C7H14O.C7H12O.C6H13Br.C6H14S.C6H14/c1-7(2,3)6(9)4-5-8;1-5(8)6(9)7(2,3)4;1-7(2,3)6(8)4-5-9;2*1-5-6(8)7(2,3)4;2*1-6(2,3)4-5-7;1-5-6(2,3)4/h4-5H2,1-3H3;5H,1-4H3;9H,4-5H2,1-3H3;5H2,1-4H3;5H,1H2,2-4H3;4-5H2,1-3H3;7H,4-5H2,1-3H3;5H2,1-4H3. The van der Waals surface area contributed by atoms with Gasteiger partial charge in [0.15, 0.2) is 11.6 Å². The molecule has 0 rings (SSSR count). The second-order valence-electron chi connectivity index (χ2n) is 24.3. The van der Waals surface area contributed by atoms with Gasteiger partial charge in [0, 0.05) is 57.0 Å². The third-order valence-corrected chi connectivity index (χ3v) is 9.72. The van der Waals surface area contributed by atoms with E-state index in [1.165, 1.54) is 25.3 Å². The number of Topliss-reactive ketones (excluding diaryl/α,β-unsaturated/α-hetero) is 4. The first kappa shape index (κ1) is 80.1. The first-order valence-corrected chi connectivity index (χ1v) is 26.7. The van der Waals surface area contributed by atoms with Gasteiger partial charge in [-0.25, -0.2) is 0 Å². The molecule has 0 amide bonds. The van der Waals surface area contributed by atoms with E-state index in [4.69, 9.17) is 11.6 Å². The van der Waals surface area contributed by atoms with E-state index in [-0.39, 0.29) is 49.8 Å². The van der Waals surface area contributed by atoms with Crippen LogP contribution < -0.4 is 0 Å². The van der Waals surface area contributed by atoms with E-state index in [9.17, 15) is 24.0 Å². The second kappa shape index (κ2) is 38.9. The minimum absolute atomic E-state index is 0.0949. The van der Waals surface area contributed by atoms with Gasteiger partial charge >= 0.3 is 0 Å². The molecule has 0 heterocycles. The summed E-state index contributed by atoms with van der Waals surface area (Å²) in [6.45, 7) is 58.0. The van der Waals surface area contributed by atoms with E-state index in [0.29, 0.717) is 52.8 Å². The van der Waals surface area contributed by atoms with Crippen LogP contribution in [0.5, 0.6) is 0 Å². The summed E-state index contributed by atoms with van der Waals surface area (Å²) in [6.07, 6.45) is 6.98. The van der Waals surface area contributed by atoms with Crippen LogP contribution in [0.1, 0.15) is 225 Å². The van der Waals surface area contributed by atoms with Crippen molar-refractivity contribution in [2.45, 2.75) is 231 Å². The van der Waals surface area contributed by atoms with Crippen molar-refractivity contribution in [3.05, 3.63) is 12.7 Å². The Morgan fingerprint density at radius 1 is 0.508 bits per heavy atom. The van der Waals surface area contributed by atoms with Crippen molar-refractivity contribution in [3.8, 4) is 0 Å². The molecular weight excluding hydrogens is 976 g/mol. The normalized spacial score (nSPS) is 12.1. The molecule has 0 saturated heterocycles. The molecule has 0 bridgehead atoms. The van der Waals surface area contributed by atoms with Gasteiger partial charge in [0.1, 0.15) is 17.3 Å². The fourth-order valence-corrected chi connectivity index (χ4v) is 5.74. The summed E-state index contributed by atoms with van der Waals surface area (Å²) in [6, 6.07) is 0. The molecule has 0 saturated carbocycles. The topological polar surface area (TPSA) is 85.3 Å². The van der Waals surface area contributed by atoms with Crippen LogP contribution in [0.2, 0.25) is 0 Å². The van der Waals surface area contributed by atoms with Crippen molar-refractivity contribution < 1.29 is 24.0 Å². The molecule has 10 heteroatoms. The van der Waals surface area contributed by atoms with Crippen molar-refractivity contribution in [1.29, 1.82) is 0 Å². The Kier molecular flexibility index (Phi) is 49.5. The van der Waals surface area contributed by atoms with Crippen LogP contribution >= 0.6 is 68.7 Å². The lowest BCUT2D eigenvalue weighted by molar-refractivity contribution is -0.126. The Morgan fingerprint density at radius 3 is 0.857 bits per heavy atom. The predicted molar refractivity (Wildman–Crippen MR) is 301 cm³/mol. The van der Waals surface area contributed by atoms with Crippen molar-refractivity contribution in [2.75, 3.05) is 22.2 Å². The van der Waals surface area contributed by atoms with Crippen molar-refractivity contribution in [2.24, 2.45) is 43.3 Å². The molecular formula is C53H107Br2ClO5S2. The number of carbonyl (C=O) groups is 5. The molecule has 63 heavy (non-hydrogen) atoms. The third kappa shape index (κ3) is 73.8. The SMILES string of the molecule is C=CC(=O)C(C)(C)C.CC(C)(C)C(=O)CCBr.CC(C)(C)C(=O)CCS.CC(C)(C)CCBr.CC(C)(C)CCS.CC(Cl)C(=O)C(C)(C)C.CCC(=O)C(C)(C)C.CCC(C)(C)C. The molecule has 0 aromatic carbocycles. The van der Waals surface area contributed by atoms with E-state index in [1.807, 2.05) is 111 Å². The molecule has 0 aliphatic carbocycles. The van der Waals surface area contributed by atoms with Gasteiger partial charge in [-0.15, -0.1) is 11.6 Å². The first-order valence-electron chi connectivity index (χ1n) is 22.8. The lowest BCUT2D eigenvalue weighted by Gasteiger charge is -2.17. The monoisotopic (exact) mass is 1080 g/mol. The summed E-state index contributed by atoms with van der Waals surface area (Å²) in [5.74, 6) is 2.80. The van der Waals surface area contributed by atoms with Gasteiger partial charge in [0.25, 0.3) is 0 Å². The maximum absolute atomic E-state index is 11.0. The predicted octanol–water partition coefficient (Wildman–Crippen LogP) is 17.9. The maximum Gasteiger partial charge on any atom is 0.160 e. The molecule has 382 valence electrons. The highest BCUT2D eigenvalue weighted by molar-refractivity contribution is 9.09. The van der Waals surface area contributed by atoms with Crippen LogP contribution in [0.3, 0.4) is 0 Å². The first-order chi connectivity index (χ1) is 27.5. The maximum atomic E-state index is 11.0. The van der Waals surface area contributed by atoms with Gasteiger partial charge in [-0.1, -0.05) is 225 Å². The lowest BCUT2D eigenvalue weighted by atomic mass is 9.89. The number of hydrogen-bond donors (Lipinski definition) is 2. The van der Waals surface area contributed by atoms with E-state index < -0.39 is 0 Å². The third-order valence-electron chi connectivity index (χ3n) is 8.28. The number of ketones is 5. The number of halogens is 3. The van der Waals surface area contributed by atoms with Gasteiger partial charge in [-0.2, -0.15) is 25.3 Å². The van der Waals surface area contributed by atoms with E-state index in [1.54, 1.807) is 6.92 Å². The molecule has 0 aromatic rings. The smallest absolute Gasteiger partial charge is 0.160 e. The fourth-order valence-electron chi connectivity index (χ4n) is 2.99. The zero-order valence-corrected chi connectivity index (χ0v) is 52.2. The van der Waals surface area contributed by atoms with Crippen LogP contribution in [0, 0.1) is 43.3 Å². The van der Waals surface area contributed by atoms with Gasteiger partial charge in [-0.05, 0) is 53.6 Å². The Bertz CT molecular complexity index is 1150. The summed E-state index contributed by atoms with van der Waals surface area (Å²) in [5.41, 5.74) is 0.513. The van der Waals surface area contributed by atoms with E-state index >= 15 is 0 Å². The van der Waals surface area contributed by atoms with Crippen molar-refractivity contribution in [3.63, 3.8) is 0 Å². The van der Waals surface area contributed by atoms with Crippen LogP contribution in [0.4, 0.5) is 0 Å². The van der Waals surface area contributed by atoms with Gasteiger partial charge in [0.05, 0.1) is 5.38 Å².